The van der Waals surface area contributed by atoms with Crippen LogP contribution in [-0.4, -0.2) is 27.6 Å². The number of nitrogens with two attached hydrogens (primary N) is 2. The summed E-state index contributed by atoms with van der Waals surface area (Å²) in [5, 5.41) is 19.3. The molecule has 0 fully saturated rings. The molecule has 0 radical (unpaired) electrons. The van der Waals surface area contributed by atoms with Crippen molar-refractivity contribution >= 4 is 51.5 Å². The van der Waals surface area contributed by atoms with Gasteiger partial charge in [0.1, 0.15) is 5.82 Å². The van der Waals surface area contributed by atoms with Crippen LogP contribution in [0.15, 0.2) is 51.3 Å². The number of Topliss-reactive ketones (excluding diaryl/α,β-unsaturated/α-hetero) is 1. The summed E-state index contributed by atoms with van der Waals surface area (Å²) in [6.45, 7) is 4.04. The number of anilines is 1. The molecule has 0 spiro atoms. The van der Waals surface area contributed by atoms with Gasteiger partial charge < -0.3 is 11.5 Å². The molecule has 1 unspecified atom stereocenters. The number of halogens is 1. The molecule has 0 saturated heterocycles. The lowest BCUT2D eigenvalue weighted by Gasteiger charge is -2.42. The number of benzene rings is 1. The number of amides is 1. The van der Waals surface area contributed by atoms with E-state index in [-0.39, 0.29) is 28.3 Å². The Bertz CT molecular complexity index is 1260. The molecule has 1 aliphatic carbocycles. The van der Waals surface area contributed by atoms with Crippen LogP contribution in [0.3, 0.4) is 0 Å². The van der Waals surface area contributed by atoms with Gasteiger partial charge in [0, 0.05) is 22.7 Å². The first kappa shape index (κ1) is 23.3. The third-order valence-corrected chi connectivity index (χ3v) is 7.93. The number of ketones is 1. The number of primary amides is 1. The SMILES string of the molecule is CC1(C)CC(=O)C2=C(C1)N(c1nnc(SCC(N)=O)s1)C(N)=C(C#N)C2c1ccccc1Cl. The Morgan fingerprint density at radius 3 is 2.76 bits per heavy atom. The predicted octanol–water partition coefficient (Wildman–Crippen LogP) is 3.71. The topological polar surface area (TPSA) is 139 Å². The average molecular weight is 501 g/mol. The monoisotopic (exact) mass is 500 g/mol. The summed E-state index contributed by atoms with van der Waals surface area (Å²) in [6, 6.07) is 9.38. The molecule has 33 heavy (non-hydrogen) atoms. The first-order valence-corrected chi connectivity index (χ1v) is 12.3. The summed E-state index contributed by atoms with van der Waals surface area (Å²) in [5.41, 5.74) is 13.6. The molecule has 1 aliphatic heterocycles. The summed E-state index contributed by atoms with van der Waals surface area (Å²) in [7, 11) is 0. The van der Waals surface area contributed by atoms with Gasteiger partial charge in [-0.05, 0) is 23.5 Å². The molecule has 1 aromatic heterocycles. The normalized spacial score (nSPS) is 20.0. The third-order valence-electron chi connectivity index (χ3n) is 5.52. The molecule has 4 rings (SSSR count). The smallest absolute Gasteiger partial charge is 0.227 e. The highest BCUT2D eigenvalue weighted by Gasteiger charge is 2.45. The minimum Gasteiger partial charge on any atom is -0.384 e. The number of rotatable bonds is 5. The van der Waals surface area contributed by atoms with E-state index in [0.717, 1.165) is 0 Å². The van der Waals surface area contributed by atoms with E-state index in [1.807, 2.05) is 26.0 Å². The lowest BCUT2D eigenvalue weighted by Crippen LogP contribution is -2.42. The number of carbonyl (C=O) groups is 2. The van der Waals surface area contributed by atoms with E-state index in [4.69, 9.17) is 23.1 Å². The van der Waals surface area contributed by atoms with Crippen LogP contribution in [0.5, 0.6) is 0 Å². The first-order chi connectivity index (χ1) is 15.6. The molecule has 0 saturated carbocycles. The molecule has 1 aromatic carbocycles. The Kier molecular flexibility index (Phi) is 6.22. The number of hydrogen-bond donors (Lipinski definition) is 2. The van der Waals surface area contributed by atoms with Crippen molar-refractivity contribution in [2.24, 2.45) is 16.9 Å². The van der Waals surface area contributed by atoms with Crippen LogP contribution in [-0.2, 0) is 9.59 Å². The van der Waals surface area contributed by atoms with Crippen LogP contribution >= 0.6 is 34.7 Å². The van der Waals surface area contributed by atoms with Crippen LogP contribution in [0.2, 0.25) is 5.02 Å². The van der Waals surface area contributed by atoms with Crippen LogP contribution in [0.1, 0.15) is 38.2 Å². The van der Waals surface area contributed by atoms with Gasteiger partial charge in [0.2, 0.25) is 11.0 Å². The number of thioether (sulfide) groups is 1. The van der Waals surface area contributed by atoms with Gasteiger partial charge >= 0.3 is 0 Å². The maximum atomic E-state index is 13.5. The van der Waals surface area contributed by atoms with Gasteiger partial charge in [-0.25, -0.2) is 0 Å². The van der Waals surface area contributed by atoms with E-state index in [1.165, 1.54) is 23.1 Å². The maximum Gasteiger partial charge on any atom is 0.227 e. The quantitative estimate of drug-likeness (QED) is 0.592. The lowest BCUT2D eigenvalue weighted by atomic mass is 9.68. The molecule has 11 heteroatoms. The summed E-state index contributed by atoms with van der Waals surface area (Å²) >= 11 is 8.89. The maximum absolute atomic E-state index is 13.5. The Hall–Kier alpha value is -2.87. The number of allylic oxidation sites excluding steroid dienone is 3. The zero-order chi connectivity index (χ0) is 23.9. The van der Waals surface area contributed by atoms with Crippen molar-refractivity contribution in [3.8, 4) is 6.07 Å². The fourth-order valence-corrected chi connectivity index (χ4v) is 6.10. The van der Waals surface area contributed by atoms with Crippen molar-refractivity contribution in [2.75, 3.05) is 10.7 Å². The summed E-state index contributed by atoms with van der Waals surface area (Å²) in [4.78, 5) is 26.3. The first-order valence-electron chi connectivity index (χ1n) is 10.1. The Balaban J connectivity index is 1.90. The van der Waals surface area contributed by atoms with Crippen LogP contribution in [0.25, 0.3) is 0 Å². The van der Waals surface area contributed by atoms with Gasteiger partial charge in [-0.2, -0.15) is 5.26 Å². The van der Waals surface area contributed by atoms with E-state index < -0.39 is 11.8 Å². The van der Waals surface area contributed by atoms with E-state index >= 15 is 0 Å². The molecule has 1 amide bonds. The third kappa shape index (κ3) is 4.36. The van der Waals surface area contributed by atoms with Crippen molar-refractivity contribution in [3.63, 3.8) is 0 Å². The van der Waals surface area contributed by atoms with E-state index in [0.29, 0.717) is 44.2 Å². The number of nitrogens with zero attached hydrogens (tertiary/aromatic N) is 4. The molecule has 2 aliphatic rings. The average Bonchev–Trinajstić information content (AvgIpc) is 3.19. The molecule has 170 valence electrons. The Labute approximate surface area is 204 Å². The minimum atomic E-state index is -0.657. The van der Waals surface area contributed by atoms with E-state index in [1.54, 1.807) is 17.0 Å². The minimum absolute atomic E-state index is 0.0516. The van der Waals surface area contributed by atoms with Crippen molar-refractivity contribution in [1.82, 2.24) is 10.2 Å². The Morgan fingerprint density at radius 2 is 2.09 bits per heavy atom. The van der Waals surface area contributed by atoms with Crippen molar-refractivity contribution in [1.29, 1.82) is 5.26 Å². The molecule has 8 nitrogen and oxygen atoms in total. The van der Waals surface area contributed by atoms with Crippen LogP contribution in [0.4, 0.5) is 5.13 Å². The van der Waals surface area contributed by atoms with Crippen molar-refractivity contribution in [2.45, 2.75) is 36.9 Å². The molecule has 0 bridgehead atoms. The predicted molar refractivity (Wildman–Crippen MR) is 128 cm³/mol. The molecule has 2 aromatic rings. The second kappa shape index (κ2) is 8.82. The zero-order valence-corrected chi connectivity index (χ0v) is 20.4. The summed E-state index contributed by atoms with van der Waals surface area (Å²) < 4.78 is 0.534. The van der Waals surface area contributed by atoms with Gasteiger partial charge in [0.25, 0.3) is 0 Å². The number of carbonyl (C=O) groups excluding carboxylic acids is 2. The highest BCUT2D eigenvalue weighted by atomic mass is 35.5. The summed E-state index contributed by atoms with van der Waals surface area (Å²) in [5.74, 6) is -0.918. The molecule has 1 atom stereocenters. The number of nitriles is 1. The summed E-state index contributed by atoms with van der Waals surface area (Å²) in [6.07, 6.45) is 0.896. The van der Waals surface area contributed by atoms with Crippen LogP contribution in [0, 0.1) is 16.7 Å². The second-order valence-corrected chi connectivity index (χ2v) is 11.2. The molecular weight excluding hydrogens is 480 g/mol. The van der Waals surface area contributed by atoms with E-state index in [9.17, 15) is 14.9 Å². The second-order valence-electron chi connectivity index (χ2n) is 8.61. The van der Waals surface area contributed by atoms with Crippen molar-refractivity contribution in [3.05, 3.63) is 57.5 Å². The van der Waals surface area contributed by atoms with Crippen molar-refractivity contribution < 1.29 is 9.59 Å². The molecule has 2 heterocycles. The number of hydrogen-bond acceptors (Lipinski definition) is 9. The highest BCUT2D eigenvalue weighted by molar-refractivity contribution is 8.01. The van der Waals surface area contributed by atoms with Gasteiger partial charge in [0.15, 0.2) is 10.1 Å². The fraction of sp³-hybridized carbons (Fsp3) is 0.318. The fourth-order valence-electron chi connectivity index (χ4n) is 4.23. The molecular formula is C22H21ClN6O2S2. The van der Waals surface area contributed by atoms with Gasteiger partial charge in [-0.15, -0.1) is 10.2 Å². The molecule has 4 N–H and O–H groups in total. The van der Waals surface area contributed by atoms with Gasteiger partial charge in [0.05, 0.1) is 23.3 Å². The standard InChI is InChI=1S/C22H21ClN6O2S2/c1-22(2)7-14-18(15(30)8-22)17(11-5-3-4-6-13(11)23)12(9-24)19(26)29(14)20-27-28-21(33-20)32-10-16(25)31/h3-6,17H,7-8,10,26H2,1-2H3,(H2,25,31). The highest BCUT2D eigenvalue weighted by Crippen LogP contribution is 2.51. The van der Waals surface area contributed by atoms with E-state index in [2.05, 4.69) is 16.3 Å². The lowest BCUT2D eigenvalue weighted by molar-refractivity contribution is -0.118. The number of aromatic nitrogens is 2. The van der Waals surface area contributed by atoms with Gasteiger partial charge in [-0.3, -0.25) is 14.5 Å². The van der Waals surface area contributed by atoms with Gasteiger partial charge in [-0.1, -0.05) is 66.7 Å². The largest absolute Gasteiger partial charge is 0.384 e. The zero-order valence-electron chi connectivity index (χ0n) is 18.0. The van der Waals surface area contributed by atoms with Crippen LogP contribution < -0.4 is 16.4 Å². The Morgan fingerprint density at radius 1 is 1.36 bits per heavy atom.